The highest BCUT2D eigenvalue weighted by Crippen LogP contribution is 2.16. The zero-order valence-corrected chi connectivity index (χ0v) is 45.7. The van der Waals surface area contributed by atoms with Gasteiger partial charge in [-0.15, -0.1) is 0 Å². The molecule has 0 rings (SSSR count). The SMILES string of the molecule is CCCCCCCCC(=O)OCC(COC(=O)CCCCCCCC)OC(=O)CCN(CCC(=O)OC(COC(=O)CCCCCCCC)COC(=O)CCCCCCCC)C(=O)SCCCN(C)C. The van der Waals surface area contributed by atoms with Crippen LogP contribution in [0.2, 0.25) is 0 Å². The Morgan fingerprint density at radius 1 is 0.357 bits per heavy atom. The van der Waals surface area contributed by atoms with E-state index in [4.69, 9.17) is 28.4 Å². The molecule has 0 N–H and O–H groups in total. The summed E-state index contributed by atoms with van der Waals surface area (Å²) in [6.07, 6.45) is 23.2. The van der Waals surface area contributed by atoms with Crippen LogP contribution >= 0.6 is 11.8 Å². The Hall–Kier alpha value is -3.40. The van der Waals surface area contributed by atoms with Crippen LogP contribution in [0.3, 0.4) is 0 Å². The van der Waals surface area contributed by atoms with Crippen molar-refractivity contribution in [3.63, 3.8) is 0 Å². The second-order valence-electron chi connectivity index (χ2n) is 18.8. The van der Waals surface area contributed by atoms with E-state index < -0.39 is 48.0 Å². The first-order valence-electron chi connectivity index (χ1n) is 27.4. The Kier molecular flexibility index (Phi) is 45.6. The average molecular weight is 1020 g/mol. The quantitative estimate of drug-likeness (QED) is 0.0319. The second kappa shape index (κ2) is 47.9. The van der Waals surface area contributed by atoms with Gasteiger partial charge in [-0.2, -0.15) is 0 Å². The summed E-state index contributed by atoms with van der Waals surface area (Å²) in [7, 11) is 3.88. The third kappa shape index (κ3) is 43.4. The Labute approximate surface area is 428 Å². The Balaban J connectivity index is 5.74. The predicted octanol–water partition coefficient (Wildman–Crippen LogP) is 11.9. The molecule has 0 bridgehead atoms. The number of hydrogen-bond acceptors (Lipinski definition) is 15. The number of ether oxygens (including phenoxy) is 6. The molecule has 0 aromatic rings. The molecule has 0 radical (unpaired) electrons. The van der Waals surface area contributed by atoms with Crippen LogP contribution in [0.25, 0.3) is 0 Å². The van der Waals surface area contributed by atoms with Gasteiger partial charge in [0.15, 0.2) is 12.2 Å². The van der Waals surface area contributed by atoms with Crippen LogP contribution < -0.4 is 0 Å². The molecular formula is C54H98N2O13S. The van der Waals surface area contributed by atoms with Crippen molar-refractivity contribution in [1.29, 1.82) is 0 Å². The number of hydrogen-bond donors (Lipinski definition) is 0. The number of thioether (sulfide) groups is 1. The van der Waals surface area contributed by atoms with E-state index in [-0.39, 0.29) is 83.3 Å². The predicted molar refractivity (Wildman–Crippen MR) is 277 cm³/mol. The van der Waals surface area contributed by atoms with Gasteiger partial charge in [0, 0.05) is 44.5 Å². The summed E-state index contributed by atoms with van der Waals surface area (Å²) in [6, 6.07) is 0. The van der Waals surface area contributed by atoms with Gasteiger partial charge >= 0.3 is 35.8 Å². The summed E-state index contributed by atoms with van der Waals surface area (Å²) in [5, 5.41) is -0.341. The molecule has 0 spiro atoms. The molecular weight excluding hydrogens is 917 g/mol. The molecule has 0 saturated heterocycles. The van der Waals surface area contributed by atoms with E-state index in [0.29, 0.717) is 31.4 Å². The van der Waals surface area contributed by atoms with E-state index in [9.17, 15) is 33.6 Å². The lowest BCUT2D eigenvalue weighted by Crippen LogP contribution is -2.36. The highest BCUT2D eigenvalue weighted by atomic mass is 32.2. The van der Waals surface area contributed by atoms with Crippen molar-refractivity contribution in [2.75, 3.05) is 65.9 Å². The molecule has 0 aliphatic heterocycles. The van der Waals surface area contributed by atoms with Crippen LogP contribution in [0, 0.1) is 0 Å². The topological polar surface area (TPSA) is 181 Å². The summed E-state index contributed by atoms with van der Waals surface area (Å²) in [4.78, 5) is 94.1. The Bertz CT molecular complexity index is 1220. The van der Waals surface area contributed by atoms with Gasteiger partial charge in [-0.25, -0.2) is 0 Å². The van der Waals surface area contributed by atoms with Crippen LogP contribution in [-0.4, -0.2) is 129 Å². The van der Waals surface area contributed by atoms with Gasteiger partial charge in [0.1, 0.15) is 26.4 Å². The lowest BCUT2D eigenvalue weighted by Gasteiger charge is -2.23. The van der Waals surface area contributed by atoms with Crippen molar-refractivity contribution in [3.05, 3.63) is 0 Å². The normalized spacial score (nSPS) is 11.2. The van der Waals surface area contributed by atoms with Gasteiger partial charge in [0.05, 0.1) is 12.8 Å². The first-order valence-corrected chi connectivity index (χ1v) is 28.4. The molecule has 15 nitrogen and oxygen atoms in total. The molecule has 0 fully saturated rings. The summed E-state index contributed by atoms with van der Waals surface area (Å²) >= 11 is 1.08. The van der Waals surface area contributed by atoms with Crippen molar-refractivity contribution in [2.45, 2.75) is 239 Å². The molecule has 0 aromatic heterocycles. The van der Waals surface area contributed by atoms with E-state index in [0.717, 1.165) is 153 Å². The number of esters is 6. The van der Waals surface area contributed by atoms with Gasteiger partial charge in [-0.05, 0) is 52.7 Å². The Morgan fingerprint density at radius 3 is 0.929 bits per heavy atom. The van der Waals surface area contributed by atoms with Crippen molar-refractivity contribution >= 4 is 52.8 Å². The zero-order chi connectivity index (χ0) is 51.9. The summed E-state index contributed by atoms with van der Waals surface area (Å²) < 4.78 is 33.3. The van der Waals surface area contributed by atoms with Gasteiger partial charge in [-0.1, -0.05) is 168 Å². The molecule has 70 heavy (non-hydrogen) atoms. The molecule has 408 valence electrons. The van der Waals surface area contributed by atoms with E-state index in [1.807, 2.05) is 19.0 Å². The van der Waals surface area contributed by atoms with Crippen molar-refractivity contribution in [1.82, 2.24) is 9.80 Å². The summed E-state index contributed by atoms with van der Waals surface area (Å²) in [6.45, 7) is 8.02. The molecule has 0 aliphatic carbocycles. The number of rotatable bonds is 48. The first-order chi connectivity index (χ1) is 33.8. The molecule has 0 aliphatic rings. The third-order valence-electron chi connectivity index (χ3n) is 11.7. The largest absolute Gasteiger partial charge is 0.462 e. The standard InChI is InChI=1S/C54H98N2O13S/c1-7-11-15-19-23-27-32-48(57)64-42-46(43-65-49(58)33-28-24-20-16-12-8-2)68-52(61)36-39-56(54(63)70-41-31-38-55(5)6)40-37-53(62)69-47(44-66-50(59)34-29-25-21-17-13-9-3)45-67-51(60)35-30-26-22-18-14-10-4/h46-47H,7-45H2,1-6H3. The van der Waals surface area contributed by atoms with Gasteiger partial charge in [0.25, 0.3) is 5.24 Å². The fourth-order valence-electron chi connectivity index (χ4n) is 7.33. The molecule has 0 heterocycles. The minimum Gasteiger partial charge on any atom is -0.462 e. The maximum absolute atomic E-state index is 13.5. The minimum absolute atomic E-state index is 0.0937. The number of nitrogens with zero attached hydrogens (tertiary/aromatic N) is 2. The highest BCUT2D eigenvalue weighted by Gasteiger charge is 2.24. The highest BCUT2D eigenvalue weighted by molar-refractivity contribution is 8.13. The van der Waals surface area contributed by atoms with Crippen LogP contribution in [0.15, 0.2) is 0 Å². The van der Waals surface area contributed by atoms with Crippen LogP contribution in [-0.2, 0) is 57.2 Å². The molecule has 1 amide bonds. The number of carbonyl (C=O) groups is 7. The maximum atomic E-state index is 13.5. The van der Waals surface area contributed by atoms with Gasteiger partial charge in [0.2, 0.25) is 0 Å². The smallest absolute Gasteiger partial charge is 0.308 e. The molecule has 0 unspecified atom stereocenters. The summed E-state index contributed by atoms with van der Waals surface area (Å²) in [5.74, 6) is -2.60. The molecule has 16 heteroatoms. The fraction of sp³-hybridized carbons (Fsp3) is 0.870. The van der Waals surface area contributed by atoms with Crippen molar-refractivity contribution in [2.24, 2.45) is 0 Å². The van der Waals surface area contributed by atoms with Crippen LogP contribution in [0.4, 0.5) is 4.79 Å². The minimum atomic E-state index is -1.05. The monoisotopic (exact) mass is 1010 g/mol. The fourth-order valence-corrected chi connectivity index (χ4v) is 8.14. The van der Waals surface area contributed by atoms with E-state index >= 15 is 0 Å². The molecule has 0 saturated carbocycles. The van der Waals surface area contributed by atoms with E-state index in [1.54, 1.807) is 0 Å². The Morgan fingerprint density at radius 2 is 0.643 bits per heavy atom. The first kappa shape index (κ1) is 66.6. The number of amides is 1. The molecule has 0 aromatic carbocycles. The van der Waals surface area contributed by atoms with Crippen LogP contribution in [0.1, 0.15) is 227 Å². The van der Waals surface area contributed by atoms with E-state index in [1.165, 1.54) is 4.90 Å². The van der Waals surface area contributed by atoms with Gasteiger partial charge < -0.3 is 38.2 Å². The zero-order valence-electron chi connectivity index (χ0n) is 44.8. The summed E-state index contributed by atoms with van der Waals surface area (Å²) in [5.41, 5.74) is 0. The van der Waals surface area contributed by atoms with Crippen LogP contribution in [0.5, 0.6) is 0 Å². The number of carbonyl (C=O) groups excluding carboxylic acids is 7. The van der Waals surface area contributed by atoms with Crippen molar-refractivity contribution in [3.8, 4) is 0 Å². The molecule has 0 atom stereocenters. The third-order valence-corrected chi connectivity index (χ3v) is 12.7. The number of unbranched alkanes of at least 4 members (excludes halogenated alkanes) is 20. The second-order valence-corrected chi connectivity index (χ2v) is 19.8. The lowest BCUT2D eigenvalue weighted by atomic mass is 10.1. The maximum Gasteiger partial charge on any atom is 0.308 e. The van der Waals surface area contributed by atoms with Crippen molar-refractivity contribution < 1.29 is 62.0 Å². The van der Waals surface area contributed by atoms with E-state index in [2.05, 4.69) is 27.7 Å². The lowest BCUT2D eigenvalue weighted by molar-refractivity contribution is -0.167. The van der Waals surface area contributed by atoms with Gasteiger partial charge in [-0.3, -0.25) is 33.6 Å². The average Bonchev–Trinajstić information content (AvgIpc) is 3.33.